The van der Waals surface area contributed by atoms with Crippen LogP contribution in [0.15, 0.2) is 47.5 Å². The minimum absolute atomic E-state index is 0.203. The van der Waals surface area contributed by atoms with Gasteiger partial charge in [0.25, 0.3) is 0 Å². The van der Waals surface area contributed by atoms with Crippen molar-refractivity contribution >= 4 is 15.8 Å². The minimum Gasteiger partial charge on any atom is -0.384 e. The Hall–Kier alpha value is -1.92. The molecular weight excluding hydrogens is 286 g/mol. The Bertz CT molecular complexity index is 759. The lowest BCUT2D eigenvalue weighted by atomic mass is 10.0. The van der Waals surface area contributed by atoms with Gasteiger partial charge in [-0.2, -0.15) is 4.31 Å². The third-order valence-electron chi connectivity index (χ3n) is 3.71. The van der Waals surface area contributed by atoms with Crippen molar-refractivity contribution in [3.8, 4) is 0 Å². The van der Waals surface area contributed by atoms with E-state index in [1.165, 1.54) is 28.2 Å². The predicted octanol–water partition coefficient (Wildman–Crippen LogP) is 1.80. The molecule has 0 amide bonds. The Kier molecular flexibility index (Phi) is 3.65. The largest absolute Gasteiger partial charge is 0.384 e. The number of nitrogens with zero attached hydrogens (tertiary/aromatic N) is 2. The molecule has 0 atom stereocenters. The van der Waals surface area contributed by atoms with Crippen LogP contribution in [0.25, 0.3) is 0 Å². The zero-order valence-corrected chi connectivity index (χ0v) is 12.4. The van der Waals surface area contributed by atoms with Crippen LogP contribution in [-0.2, 0) is 23.0 Å². The summed E-state index contributed by atoms with van der Waals surface area (Å²) in [5.41, 5.74) is 7.89. The highest BCUT2D eigenvalue weighted by molar-refractivity contribution is 7.89. The molecule has 1 aromatic heterocycles. The van der Waals surface area contributed by atoms with Crippen LogP contribution in [0.2, 0.25) is 0 Å². The van der Waals surface area contributed by atoms with E-state index in [4.69, 9.17) is 5.73 Å². The molecule has 0 fully saturated rings. The van der Waals surface area contributed by atoms with Crippen molar-refractivity contribution in [3.05, 3.63) is 53.7 Å². The van der Waals surface area contributed by atoms with Crippen LogP contribution in [0.1, 0.15) is 17.5 Å². The second-order valence-electron chi connectivity index (χ2n) is 5.13. The number of hydrogen-bond acceptors (Lipinski definition) is 4. The number of pyridine rings is 1. The Morgan fingerprint density at radius 3 is 2.67 bits per heavy atom. The summed E-state index contributed by atoms with van der Waals surface area (Å²) in [6.07, 6.45) is 3.14. The number of fused-ring (bicyclic) bond motifs is 1. The molecule has 0 radical (unpaired) electrons. The van der Waals surface area contributed by atoms with Crippen molar-refractivity contribution in [2.24, 2.45) is 0 Å². The van der Waals surface area contributed by atoms with Crippen molar-refractivity contribution in [3.63, 3.8) is 0 Å². The number of sulfonamides is 1. The highest BCUT2D eigenvalue weighted by Gasteiger charge is 2.27. The highest BCUT2D eigenvalue weighted by atomic mass is 32.2. The molecule has 3 rings (SSSR count). The van der Waals surface area contributed by atoms with E-state index in [2.05, 4.69) is 11.1 Å². The molecule has 6 heteroatoms. The van der Waals surface area contributed by atoms with E-state index in [0.717, 1.165) is 18.4 Å². The minimum atomic E-state index is -3.54. The molecule has 1 aliphatic rings. The van der Waals surface area contributed by atoms with Gasteiger partial charge in [-0.15, -0.1) is 0 Å². The van der Waals surface area contributed by atoms with Crippen LogP contribution in [0.5, 0.6) is 0 Å². The number of nitrogen functional groups attached to an aromatic ring is 1. The molecule has 0 saturated heterocycles. The molecule has 0 aliphatic carbocycles. The molecule has 0 saturated carbocycles. The number of anilines is 1. The summed E-state index contributed by atoms with van der Waals surface area (Å²) in [4.78, 5) is 4.05. The van der Waals surface area contributed by atoms with Crippen molar-refractivity contribution in [1.29, 1.82) is 0 Å². The van der Waals surface area contributed by atoms with Crippen LogP contribution in [0, 0.1) is 0 Å². The normalized spacial score (nSPS) is 16.2. The average Bonchev–Trinajstić information content (AvgIpc) is 2.70. The first-order valence-electron chi connectivity index (χ1n) is 6.86. The van der Waals surface area contributed by atoms with Gasteiger partial charge in [0.2, 0.25) is 10.0 Å². The Balaban J connectivity index is 1.96. The standard InChI is InChI=1S/C15H17N3O2S/c16-15-10-14(7-8-17-15)21(19,20)18-9-3-6-12-4-1-2-5-13(12)11-18/h1-2,4-5,7-8,10H,3,6,9,11H2,(H2,16,17). The SMILES string of the molecule is Nc1cc(S(=O)(=O)N2CCCc3ccccc3C2)ccn1. The van der Waals surface area contributed by atoms with E-state index >= 15 is 0 Å². The smallest absolute Gasteiger partial charge is 0.243 e. The molecule has 0 spiro atoms. The topological polar surface area (TPSA) is 76.3 Å². The Morgan fingerprint density at radius 1 is 1.14 bits per heavy atom. The second kappa shape index (κ2) is 5.46. The zero-order valence-electron chi connectivity index (χ0n) is 11.6. The van der Waals surface area contributed by atoms with Crippen LogP contribution < -0.4 is 5.73 Å². The van der Waals surface area contributed by atoms with E-state index in [1.54, 1.807) is 0 Å². The molecule has 110 valence electrons. The lowest BCUT2D eigenvalue weighted by Gasteiger charge is -2.20. The van der Waals surface area contributed by atoms with Crippen molar-refractivity contribution in [2.45, 2.75) is 24.3 Å². The van der Waals surface area contributed by atoms with Gasteiger partial charge >= 0.3 is 0 Å². The summed E-state index contributed by atoms with van der Waals surface area (Å²) in [6, 6.07) is 10.9. The Labute approximate surface area is 124 Å². The van der Waals surface area contributed by atoms with Crippen molar-refractivity contribution in [2.75, 3.05) is 12.3 Å². The lowest BCUT2D eigenvalue weighted by Crippen LogP contribution is -2.30. The van der Waals surface area contributed by atoms with Gasteiger partial charge < -0.3 is 5.73 Å². The van der Waals surface area contributed by atoms with E-state index in [0.29, 0.717) is 13.1 Å². The maximum atomic E-state index is 12.7. The number of benzene rings is 1. The summed E-state index contributed by atoms with van der Waals surface area (Å²) >= 11 is 0. The fourth-order valence-electron chi connectivity index (χ4n) is 2.61. The fraction of sp³-hybridized carbons (Fsp3) is 0.267. The quantitative estimate of drug-likeness (QED) is 0.918. The van der Waals surface area contributed by atoms with Gasteiger partial charge in [-0.3, -0.25) is 0 Å². The summed E-state index contributed by atoms with van der Waals surface area (Å²) in [5, 5.41) is 0. The van der Waals surface area contributed by atoms with E-state index in [1.807, 2.05) is 18.2 Å². The van der Waals surface area contributed by atoms with Gasteiger partial charge in [0.15, 0.2) is 0 Å². The number of rotatable bonds is 2. The van der Waals surface area contributed by atoms with Gasteiger partial charge in [0.05, 0.1) is 4.90 Å². The zero-order chi connectivity index (χ0) is 14.9. The summed E-state index contributed by atoms with van der Waals surface area (Å²) in [7, 11) is -3.54. The maximum absolute atomic E-state index is 12.7. The monoisotopic (exact) mass is 303 g/mol. The number of nitrogens with two attached hydrogens (primary N) is 1. The molecule has 1 aliphatic heterocycles. The molecule has 0 bridgehead atoms. The molecule has 1 aromatic carbocycles. The van der Waals surface area contributed by atoms with Gasteiger partial charge in [0, 0.05) is 25.4 Å². The van der Waals surface area contributed by atoms with Crippen LogP contribution in [0.3, 0.4) is 0 Å². The number of aromatic nitrogens is 1. The molecule has 2 N–H and O–H groups in total. The summed E-state index contributed by atoms with van der Waals surface area (Å²) in [6.45, 7) is 0.917. The number of hydrogen-bond donors (Lipinski definition) is 1. The van der Waals surface area contributed by atoms with Gasteiger partial charge in [-0.05, 0) is 30.0 Å². The van der Waals surface area contributed by atoms with Gasteiger partial charge in [0.1, 0.15) is 5.82 Å². The summed E-state index contributed by atoms with van der Waals surface area (Å²) in [5.74, 6) is 0.214. The van der Waals surface area contributed by atoms with Gasteiger partial charge in [-0.25, -0.2) is 13.4 Å². The first-order chi connectivity index (χ1) is 10.1. The van der Waals surface area contributed by atoms with Crippen LogP contribution in [-0.4, -0.2) is 24.3 Å². The molecule has 5 nitrogen and oxygen atoms in total. The number of aryl methyl sites for hydroxylation is 1. The lowest BCUT2D eigenvalue weighted by molar-refractivity contribution is 0.410. The van der Waals surface area contributed by atoms with Gasteiger partial charge in [-0.1, -0.05) is 24.3 Å². The third-order valence-corrected chi connectivity index (χ3v) is 5.55. The highest BCUT2D eigenvalue weighted by Crippen LogP contribution is 2.24. The van der Waals surface area contributed by atoms with Crippen molar-refractivity contribution < 1.29 is 8.42 Å². The third kappa shape index (κ3) is 2.77. The van der Waals surface area contributed by atoms with Crippen LogP contribution in [0.4, 0.5) is 5.82 Å². The predicted molar refractivity (Wildman–Crippen MR) is 81.0 cm³/mol. The molecule has 2 heterocycles. The maximum Gasteiger partial charge on any atom is 0.243 e. The van der Waals surface area contributed by atoms with E-state index in [9.17, 15) is 8.42 Å². The van der Waals surface area contributed by atoms with Crippen LogP contribution >= 0.6 is 0 Å². The first-order valence-corrected chi connectivity index (χ1v) is 8.30. The fourth-order valence-corrected chi connectivity index (χ4v) is 4.09. The molecule has 0 unspecified atom stereocenters. The van der Waals surface area contributed by atoms with E-state index < -0.39 is 10.0 Å². The van der Waals surface area contributed by atoms with Crippen molar-refractivity contribution in [1.82, 2.24) is 9.29 Å². The molecule has 21 heavy (non-hydrogen) atoms. The molecule has 2 aromatic rings. The summed E-state index contributed by atoms with van der Waals surface area (Å²) < 4.78 is 27.0. The average molecular weight is 303 g/mol. The Morgan fingerprint density at radius 2 is 1.90 bits per heavy atom. The second-order valence-corrected chi connectivity index (χ2v) is 7.07. The molecular formula is C15H17N3O2S. The van der Waals surface area contributed by atoms with E-state index in [-0.39, 0.29) is 10.7 Å². The first kappa shape index (κ1) is 14.0.